The van der Waals surface area contributed by atoms with Crippen molar-refractivity contribution in [1.29, 1.82) is 0 Å². The van der Waals surface area contributed by atoms with Gasteiger partial charge in [0.25, 0.3) is 0 Å². The maximum Gasteiger partial charge on any atom is 0.406 e. The smallest absolute Gasteiger partial charge is 0.406 e. The zero-order valence-electron chi connectivity index (χ0n) is 15.4. The number of alkyl halides is 3. The van der Waals surface area contributed by atoms with Crippen LogP contribution in [0.1, 0.15) is 18.5 Å². The molecule has 154 valence electrons. The number of hydrogen-bond acceptors (Lipinski definition) is 3. The Bertz CT molecular complexity index is 656. The number of guanidine groups is 1. The lowest BCUT2D eigenvalue weighted by atomic mass is 10.1. The molecule has 2 N–H and O–H groups in total. The highest BCUT2D eigenvalue weighted by Gasteiger charge is 2.31. The Morgan fingerprint density at radius 3 is 2.48 bits per heavy atom. The van der Waals surface area contributed by atoms with Crippen LogP contribution in [0.3, 0.4) is 0 Å². The summed E-state index contributed by atoms with van der Waals surface area (Å²) in [5.74, 6) is -0.955. The predicted octanol–water partition coefficient (Wildman–Crippen LogP) is 2.70. The van der Waals surface area contributed by atoms with E-state index in [1.165, 1.54) is 26.3 Å². The normalized spacial score (nSPS) is 12.7. The number of hydrogen-bond donors (Lipinski definition) is 2. The minimum atomic E-state index is -4.46. The third kappa shape index (κ3) is 8.63. The predicted molar refractivity (Wildman–Crippen MR) is 105 cm³/mol. The highest BCUT2D eigenvalue weighted by Crippen LogP contribution is 2.21. The number of halogens is 5. The van der Waals surface area contributed by atoms with Gasteiger partial charge in [0.05, 0.1) is 19.7 Å². The maximum atomic E-state index is 13.8. The summed E-state index contributed by atoms with van der Waals surface area (Å²) in [7, 11) is 3.87. The molecular weight excluding hydrogens is 483 g/mol. The number of aliphatic imine (C=N–C) groups is 1. The highest BCUT2D eigenvalue weighted by molar-refractivity contribution is 14.0. The highest BCUT2D eigenvalue weighted by atomic mass is 127. The van der Waals surface area contributed by atoms with Crippen LogP contribution in [0.2, 0.25) is 0 Å². The molecule has 0 bridgehead atoms. The van der Waals surface area contributed by atoms with Gasteiger partial charge in [0.2, 0.25) is 5.91 Å². The Hall–Kier alpha value is -1.79. The van der Waals surface area contributed by atoms with E-state index in [2.05, 4.69) is 15.6 Å². The minimum absolute atomic E-state index is 0. The molecule has 27 heavy (non-hydrogen) atoms. The van der Waals surface area contributed by atoms with Gasteiger partial charge in [-0.25, -0.2) is 4.39 Å². The summed E-state index contributed by atoms with van der Waals surface area (Å²) in [6.45, 7) is 0.0444. The van der Waals surface area contributed by atoms with Crippen LogP contribution in [0.5, 0.6) is 5.75 Å². The number of ether oxygens (including phenoxy) is 1. The molecule has 0 saturated heterocycles. The number of likely N-dealkylation sites (N-methyl/N-ethyl adjacent to an activating group) is 1. The fourth-order valence-corrected chi connectivity index (χ4v) is 2.09. The van der Waals surface area contributed by atoms with Gasteiger partial charge < -0.3 is 20.3 Å². The van der Waals surface area contributed by atoms with Gasteiger partial charge >= 0.3 is 6.18 Å². The number of benzene rings is 1. The van der Waals surface area contributed by atoms with E-state index >= 15 is 0 Å². The fourth-order valence-electron chi connectivity index (χ4n) is 2.09. The number of carbonyl (C=O) groups excluding carboxylic acids is 1. The SMILES string of the molecule is CN=C(NCC(=O)N(C)CC(F)(F)F)NC(C)c1ccc(OC)c(F)c1.I. The van der Waals surface area contributed by atoms with Gasteiger partial charge in [-0.05, 0) is 24.6 Å². The van der Waals surface area contributed by atoms with Gasteiger partial charge in [-0.3, -0.25) is 9.79 Å². The lowest BCUT2D eigenvalue weighted by molar-refractivity contribution is -0.157. The molecule has 1 unspecified atom stereocenters. The summed E-state index contributed by atoms with van der Waals surface area (Å²) in [5.41, 5.74) is 0.603. The van der Waals surface area contributed by atoms with Gasteiger partial charge in [-0.2, -0.15) is 13.2 Å². The number of carbonyl (C=O) groups is 1. The molecule has 0 aliphatic rings. The molecule has 1 rings (SSSR count). The third-order valence-electron chi connectivity index (χ3n) is 3.50. The van der Waals surface area contributed by atoms with E-state index in [0.29, 0.717) is 10.5 Å². The Kier molecular flexibility index (Phi) is 10.4. The van der Waals surface area contributed by atoms with Crippen molar-refractivity contribution in [2.24, 2.45) is 4.99 Å². The monoisotopic (exact) mass is 506 g/mol. The second-order valence-electron chi connectivity index (χ2n) is 5.55. The molecule has 0 heterocycles. The number of methoxy groups -OCH3 is 1. The molecule has 1 aromatic rings. The zero-order valence-corrected chi connectivity index (χ0v) is 17.7. The van der Waals surface area contributed by atoms with Gasteiger partial charge in [-0.1, -0.05) is 6.07 Å². The summed E-state index contributed by atoms with van der Waals surface area (Å²) in [6, 6.07) is 4.07. The molecule has 0 saturated carbocycles. The van der Waals surface area contributed by atoms with Crippen LogP contribution in [0.15, 0.2) is 23.2 Å². The van der Waals surface area contributed by atoms with E-state index in [1.807, 2.05) is 0 Å². The minimum Gasteiger partial charge on any atom is -0.494 e. The quantitative estimate of drug-likeness (QED) is 0.270. The van der Waals surface area contributed by atoms with E-state index in [9.17, 15) is 22.4 Å². The molecule has 6 nitrogen and oxygen atoms in total. The van der Waals surface area contributed by atoms with E-state index < -0.39 is 24.4 Å². The van der Waals surface area contributed by atoms with Gasteiger partial charge in [0.15, 0.2) is 17.5 Å². The topological polar surface area (TPSA) is 66.0 Å². The summed E-state index contributed by atoms with van der Waals surface area (Å²) in [6.07, 6.45) is -4.46. The van der Waals surface area contributed by atoms with Crippen molar-refractivity contribution in [1.82, 2.24) is 15.5 Å². The Morgan fingerprint density at radius 2 is 2.00 bits per heavy atom. The van der Waals surface area contributed by atoms with Crippen molar-refractivity contribution in [3.8, 4) is 5.75 Å². The first-order valence-electron chi connectivity index (χ1n) is 7.68. The van der Waals surface area contributed by atoms with Crippen LogP contribution < -0.4 is 15.4 Å². The summed E-state index contributed by atoms with van der Waals surface area (Å²) >= 11 is 0. The first kappa shape index (κ1) is 25.2. The number of amides is 1. The van der Waals surface area contributed by atoms with E-state index in [-0.39, 0.29) is 48.3 Å². The standard InChI is InChI=1S/C16H22F4N4O2.HI/c1-10(11-5-6-13(26-4)12(17)7-11)23-15(21-2)22-8-14(25)24(3)9-16(18,19)20;/h5-7,10H,8-9H2,1-4H3,(H2,21,22,23);1H. The van der Waals surface area contributed by atoms with Gasteiger partial charge in [0, 0.05) is 14.1 Å². The lowest BCUT2D eigenvalue weighted by Gasteiger charge is -2.21. The van der Waals surface area contributed by atoms with E-state index in [4.69, 9.17) is 4.74 Å². The second kappa shape index (κ2) is 11.1. The van der Waals surface area contributed by atoms with Gasteiger partial charge in [0.1, 0.15) is 6.54 Å². The summed E-state index contributed by atoms with van der Waals surface area (Å²) in [5, 5.41) is 5.56. The maximum absolute atomic E-state index is 13.8. The molecule has 1 aromatic carbocycles. The third-order valence-corrected chi connectivity index (χ3v) is 3.50. The van der Waals surface area contributed by atoms with Crippen LogP contribution in [0, 0.1) is 5.82 Å². The van der Waals surface area contributed by atoms with Crippen LogP contribution in [0.25, 0.3) is 0 Å². The molecule has 0 aliphatic carbocycles. The second-order valence-corrected chi connectivity index (χ2v) is 5.55. The molecule has 11 heteroatoms. The van der Waals surface area contributed by atoms with Crippen molar-refractivity contribution >= 4 is 35.8 Å². The number of nitrogens with one attached hydrogen (secondary N) is 2. The summed E-state index contributed by atoms with van der Waals surface area (Å²) < 4.78 is 55.5. The average molecular weight is 506 g/mol. The fraction of sp³-hybridized carbons (Fsp3) is 0.500. The number of rotatable bonds is 6. The number of nitrogens with zero attached hydrogens (tertiary/aromatic N) is 2. The Labute approximate surface area is 172 Å². The van der Waals surface area contributed by atoms with Crippen molar-refractivity contribution in [3.05, 3.63) is 29.6 Å². The van der Waals surface area contributed by atoms with E-state index in [0.717, 1.165) is 7.05 Å². The molecule has 1 amide bonds. The first-order chi connectivity index (χ1) is 12.1. The lowest BCUT2D eigenvalue weighted by Crippen LogP contribution is -2.46. The van der Waals surface area contributed by atoms with Crippen LogP contribution in [-0.4, -0.2) is 57.2 Å². The molecule has 0 fully saturated rings. The molecular formula is C16H23F4IN4O2. The first-order valence-corrected chi connectivity index (χ1v) is 7.68. The molecule has 0 radical (unpaired) electrons. The van der Waals surface area contributed by atoms with Crippen molar-refractivity contribution in [3.63, 3.8) is 0 Å². The molecule has 0 spiro atoms. The van der Waals surface area contributed by atoms with Gasteiger partial charge in [-0.15, -0.1) is 24.0 Å². The summed E-state index contributed by atoms with van der Waals surface area (Å²) in [4.78, 5) is 16.2. The van der Waals surface area contributed by atoms with Crippen molar-refractivity contribution in [2.75, 3.05) is 34.3 Å². The molecule has 1 atom stereocenters. The van der Waals surface area contributed by atoms with Crippen molar-refractivity contribution < 1.29 is 27.1 Å². The largest absolute Gasteiger partial charge is 0.494 e. The Balaban J connectivity index is 0.00000676. The zero-order chi connectivity index (χ0) is 19.9. The van der Waals surface area contributed by atoms with Crippen LogP contribution in [0.4, 0.5) is 17.6 Å². The van der Waals surface area contributed by atoms with Crippen LogP contribution >= 0.6 is 24.0 Å². The van der Waals surface area contributed by atoms with Crippen LogP contribution in [-0.2, 0) is 4.79 Å². The average Bonchev–Trinajstić information content (AvgIpc) is 2.56. The Morgan fingerprint density at radius 1 is 1.37 bits per heavy atom. The van der Waals surface area contributed by atoms with Crippen molar-refractivity contribution in [2.45, 2.75) is 19.1 Å². The molecule has 0 aliphatic heterocycles. The molecule has 0 aromatic heterocycles. The van der Waals surface area contributed by atoms with E-state index in [1.54, 1.807) is 13.0 Å².